The molecule has 94 valence electrons. The zero-order chi connectivity index (χ0) is 13.1. The average molecular weight is 345 g/mol. The van der Waals surface area contributed by atoms with E-state index < -0.39 is 0 Å². The lowest BCUT2D eigenvalue weighted by molar-refractivity contribution is 1.14. The Hall–Kier alpha value is -0.700. The highest BCUT2D eigenvalue weighted by Crippen LogP contribution is 2.24. The standard InChI is InChI=1S/C14H12BrCl2N/c1-9-2-5-12(7-14(9)17)18-8-10-3-4-11(16)6-13(10)15/h2-7,18H,8H2,1H3. The van der Waals surface area contributed by atoms with Crippen molar-refractivity contribution in [3.05, 3.63) is 62.0 Å². The summed E-state index contributed by atoms with van der Waals surface area (Å²) >= 11 is 15.5. The number of aryl methyl sites for hydroxylation is 1. The second-order valence-corrected chi connectivity index (χ2v) is 5.75. The van der Waals surface area contributed by atoms with E-state index in [0.717, 1.165) is 37.9 Å². The van der Waals surface area contributed by atoms with Gasteiger partial charge in [-0.3, -0.25) is 0 Å². The molecule has 0 amide bonds. The first kappa shape index (κ1) is 13.7. The van der Waals surface area contributed by atoms with E-state index in [9.17, 15) is 0 Å². The van der Waals surface area contributed by atoms with Crippen LogP contribution in [0.5, 0.6) is 0 Å². The maximum atomic E-state index is 6.08. The maximum absolute atomic E-state index is 6.08. The Labute approximate surface area is 125 Å². The predicted octanol–water partition coefficient (Wildman–Crippen LogP) is 5.68. The summed E-state index contributed by atoms with van der Waals surface area (Å²) < 4.78 is 1.00. The molecule has 0 aliphatic rings. The topological polar surface area (TPSA) is 12.0 Å². The minimum absolute atomic E-state index is 0.719. The lowest BCUT2D eigenvalue weighted by Gasteiger charge is -2.09. The fraction of sp³-hybridized carbons (Fsp3) is 0.143. The van der Waals surface area contributed by atoms with Crippen LogP contribution in [0, 0.1) is 6.92 Å². The molecule has 2 aromatic rings. The summed E-state index contributed by atoms with van der Waals surface area (Å²) in [5.41, 5.74) is 3.23. The third kappa shape index (κ3) is 3.41. The molecule has 4 heteroatoms. The normalized spacial score (nSPS) is 10.4. The number of benzene rings is 2. The second-order valence-electron chi connectivity index (χ2n) is 4.05. The molecule has 1 N–H and O–H groups in total. The maximum Gasteiger partial charge on any atom is 0.0455 e. The van der Waals surface area contributed by atoms with Gasteiger partial charge in [0.05, 0.1) is 0 Å². The quantitative estimate of drug-likeness (QED) is 0.755. The SMILES string of the molecule is Cc1ccc(NCc2ccc(Cl)cc2Br)cc1Cl. The molecule has 0 unspecified atom stereocenters. The lowest BCUT2D eigenvalue weighted by Crippen LogP contribution is -2.00. The molecule has 0 heterocycles. The van der Waals surface area contributed by atoms with Crippen LogP contribution < -0.4 is 5.32 Å². The van der Waals surface area contributed by atoms with Gasteiger partial charge in [0.1, 0.15) is 0 Å². The zero-order valence-electron chi connectivity index (χ0n) is 9.81. The summed E-state index contributed by atoms with van der Waals surface area (Å²) in [6.45, 7) is 2.71. The number of nitrogens with one attached hydrogen (secondary N) is 1. The third-order valence-electron chi connectivity index (χ3n) is 2.67. The minimum atomic E-state index is 0.719. The van der Waals surface area contributed by atoms with Gasteiger partial charge in [-0.2, -0.15) is 0 Å². The molecule has 0 atom stereocenters. The van der Waals surface area contributed by atoms with Gasteiger partial charge in [-0.1, -0.05) is 51.3 Å². The third-order valence-corrected chi connectivity index (χ3v) is 4.05. The molecule has 0 saturated carbocycles. The monoisotopic (exact) mass is 343 g/mol. The number of hydrogen-bond donors (Lipinski definition) is 1. The molecule has 0 aliphatic heterocycles. The molecule has 0 spiro atoms. The van der Waals surface area contributed by atoms with Crippen molar-refractivity contribution in [2.45, 2.75) is 13.5 Å². The first-order valence-electron chi connectivity index (χ1n) is 5.50. The summed E-state index contributed by atoms with van der Waals surface area (Å²) in [6.07, 6.45) is 0. The van der Waals surface area contributed by atoms with Gasteiger partial charge in [0.2, 0.25) is 0 Å². The molecular weight excluding hydrogens is 333 g/mol. The van der Waals surface area contributed by atoms with Crippen LogP contribution in [-0.4, -0.2) is 0 Å². The minimum Gasteiger partial charge on any atom is -0.381 e. The van der Waals surface area contributed by atoms with Gasteiger partial charge in [-0.05, 0) is 42.3 Å². The molecule has 0 aromatic heterocycles. The van der Waals surface area contributed by atoms with Crippen molar-refractivity contribution < 1.29 is 0 Å². The predicted molar refractivity (Wildman–Crippen MR) is 82.7 cm³/mol. The van der Waals surface area contributed by atoms with Crippen LogP contribution in [0.2, 0.25) is 10.0 Å². The van der Waals surface area contributed by atoms with Crippen molar-refractivity contribution in [1.29, 1.82) is 0 Å². The van der Waals surface area contributed by atoms with E-state index in [1.165, 1.54) is 0 Å². The van der Waals surface area contributed by atoms with Crippen LogP contribution in [0.25, 0.3) is 0 Å². The van der Waals surface area contributed by atoms with Crippen molar-refractivity contribution in [2.24, 2.45) is 0 Å². The zero-order valence-corrected chi connectivity index (χ0v) is 12.9. The summed E-state index contributed by atoms with van der Waals surface area (Å²) in [5.74, 6) is 0. The molecule has 0 aliphatic carbocycles. The van der Waals surface area contributed by atoms with Crippen LogP contribution in [0.1, 0.15) is 11.1 Å². The van der Waals surface area contributed by atoms with Gasteiger partial charge in [-0.15, -0.1) is 0 Å². The lowest BCUT2D eigenvalue weighted by atomic mass is 10.2. The van der Waals surface area contributed by atoms with Crippen molar-refractivity contribution in [2.75, 3.05) is 5.32 Å². The van der Waals surface area contributed by atoms with Crippen molar-refractivity contribution >= 4 is 44.8 Å². The Morgan fingerprint density at radius 3 is 2.56 bits per heavy atom. The van der Waals surface area contributed by atoms with E-state index in [0.29, 0.717) is 0 Å². The van der Waals surface area contributed by atoms with E-state index in [1.54, 1.807) is 0 Å². The average Bonchev–Trinajstić information content (AvgIpc) is 2.32. The van der Waals surface area contributed by atoms with Crippen molar-refractivity contribution in [3.8, 4) is 0 Å². The first-order chi connectivity index (χ1) is 8.56. The molecule has 0 bridgehead atoms. The summed E-state index contributed by atoms with van der Waals surface area (Å²) in [7, 11) is 0. The Balaban J connectivity index is 2.09. The van der Waals surface area contributed by atoms with E-state index in [2.05, 4.69) is 21.2 Å². The molecule has 18 heavy (non-hydrogen) atoms. The Bertz CT molecular complexity index is 570. The Kier molecular flexibility index (Phi) is 4.55. The molecule has 0 fully saturated rings. The van der Waals surface area contributed by atoms with Gasteiger partial charge in [0, 0.05) is 26.8 Å². The second kappa shape index (κ2) is 5.96. The highest BCUT2D eigenvalue weighted by Gasteiger charge is 2.02. The van der Waals surface area contributed by atoms with Crippen molar-refractivity contribution in [1.82, 2.24) is 0 Å². The number of rotatable bonds is 3. The van der Waals surface area contributed by atoms with Crippen LogP contribution in [-0.2, 0) is 6.54 Å². The van der Waals surface area contributed by atoms with Gasteiger partial charge >= 0.3 is 0 Å². The van der Waals surface area contributed by atoms with E-state index in [1.807, 2.05) is 43.3 Å². The molecule has 1 nitrogen and oxygen atoms in total. The Morgan fingerprint density at radius 1 is 1.11 bits per heavy atom. The van der Waals surface area contributed by atoms with Gasteiger partial charge in [0.25, 0.3) is 0 Å². The van der Waals surface area contributed by atoms with Gasteiger partial charge in [0.15, 0.2) is 0 Å². The molecule has 2 rings (SSSR count). The van der Waals surface area contributed by atoms with E-state index >= 15 is 0 Å². The van der Waals surface area contributed by atoms with Crippen LogP contribution in [0.4, 0.5) is 5.69 Å². The summed E-state index contributed by atoms with van der Waals surface area (Å²) in [4.78, 5) is 0. The molecule has 0 radical (unpaired) electrons. The number of anilines is 1. The smallest absolute Gasteiger partial charge is 0.0455 e. The van der Waals surface area contributed by atoms with Crippen LogP contribution >= 0.6 is 39.1 Å². The highest BCUT2D eigenvalue weighted by atomic mass is 79.9. The highest BCUT2D eigenvalue weighted by molar-refractivity contribution is 9.10. The van der Waals surface area contributed by atoms with Gasteiger partial charge in [-0.25, -0.2) is 0 Å². The first-order valence-corrected chi connectivity index (χ1v) is 7.05. The molecule has 2 aromatic carbocycles. The summed E-state index contributed by atoms with van der Waals surface area (Å²) in [5, 5.41) is 4.83. The Morgan fingerprint density at radius 2 is 1.89 bits per heavy atom. The fourth-order valence-corrected chi connectivity index (χ4v) is 2.57. The number of halogens is 3. The van der Waals surface area contributed by atoms with Crippen molar-refractivity contribution in [3.63, 3.8) is 0 Å². The molecule has 0 saturated heterocycles. The largest absolute Gasteiger partial charge is 0.381 e. The molecular formula is C14H12BrCl2N. The van der Waals surface area contributed by atoms with Crippen LogP contribution in [0.15, 0.2) is 40.9 Å². The summed E-state index contributed by atoms with van der Waals surface area (Å²) in [6, 6.07) is 11.7. The fourth-order valence-electron chi connectivity index (χ4n) is 1.57. The van der Waals surface area contributed by atoms with Gasteiger partial charge < -0.3 is 5.32 Å². The number of hydrogen-bond acceptors (Lipinski definition) is 1. The van der Waals surface area contributed by atoms with E-state index in [4.69, 9.17) is 23.2 Å². The van der Waals surface area contributed by atoms with E-state index in [-0.39, 0.29) is 0 Å². The van der Waals surface area contributed by atoms with Crippen LogP contribution in [0.3, 0.4) is 0 Å².